The van der Waals surface area contributed by atoms with Crippen molar-refractivity contribution in [2.45, 2.75) is 70.6 Å². The molecule has 4 heterocycles. The number of aromatic nitrogens is 4. The lowest BCUT2D eigenvalue weighted by Crippen LogP contribution is -2.36. The molecule has 0 bridgehead atoms. The first-order chi connectivity index (χ1) is 17.9. The average Bonchev–Trinajstić information content (AvgIpc) is 3.55. The maximum Gasteiger partial charge on any atom is 0.259 e. The Bertz CT molecular complexity index is 1330. The van der Waals surface area contributed by atoms with Crippen molar-refractivity contribution in [1.82, 2.24) is 24.5 Å². The molecule has 3 aromatic heterocycles. The van der Waals surface area contributed by atoms with E-state index in [0.29, 0.717) is 28.5 Å². The molecule has 1 saturated heterocycles. The molecule has 11 nitrogen and oxygen atoms in total. The molecule has 0 radical (unpaired) electrons. The standard InChI is InChI=1S/C26H32N8O3/c1-16(2)37-25-18(26(36)33-11-5-6-12-33)9-10-22(31-25)30-20-13-23(29-19-7-3-4-8-21(19)35)32-34-17(14-27)15-28-24(20)34/h9-10,13,15-16,19,21,35H,3-8,11-12H2,1-2H3,(H,29,32)(H,30,31)/t19-,21-/m1/s1. The fraction of sp³-hybridized carbons (Fsp3) is 0.500. The number of nitriles is 1. The van der Waals surface area contributed by atoms with Crippen LogP contribution in [0, 0.1) is 11.3 Å². The number of rotatable bonds is 7. The summed E-state index contributed by atoms with van der Waals surface area (Å²) in [6.07, 6.45) is 6.45. The van der Waals surface area contributed by atoms with Gasteiger partial charge in [0.05, 0.1) is 30.1 Å². The number of aliphatic hydroxyl groups excluding tert-OH is 1. The molecule has 1 aliphatic carbocycles. The van der Waals surface area contributed by atoms with Gasteiger partial charge in [-0.3, -0.25) is 4.79 Å². The first kappa shape index (κ1) is 24.8. The fourth-order valence-corrected chi connectivity index (χ4v) is 4.89. The molecule has 0 aromatic carbocycles. The van der Waals surface area contributed by atoms with E-state index >= 15 is 0 Å². The highest BCUT2D eigenvalue weighted by Crippen LogP contribution is 2.29. The molecule has 2 aliphatic rings. The van der Waals surface area contributed by atoms with E-state index in [0.717, 1.165) is 51.6 Å². The van der Waals surface area contributed by atoms with Crippen LogP contribution in [0.5, 0.6) is 5.88 Å². The van der Waals surface area contributed by atoms with Crippen molar-refractivity contribution < 1.29 is 14.6 Å². The summed E-state index contributed by atoms with van der Waals surface area (Å²) in [5.41, 5.74) is 1.75. The molecule has 0 spiro atoms. The third kappa shape index (κ3) is 5.29. The molecule has 3 aromatic rings. The van der Waals surface area contributed by atoms with E-state index < -0.39 is 6.10 Å². The number of carbonyl (C=O) groups is 1. The molecule has 1 aliphatic heterocycles. The Balaban J connectivity index is 1.48. The van der Waals surface area contributed by atoms with E-state index in [1.165, 1.54) is 10.7 Å². The van der Waals surface area contributed by atoms with Gasteiger partial charge in [0.25, 0.3) is 5.91 Å². The van der Waals surface area contributed by atoms with Crippen molar-refractivity contribution in [3.8, 4) is 11.9 Å². The molecule has 3 N–H and O–H groups in total. The molecular formula is C26H32N8O3. The van der Waals surface area contributed by atoms with Gasteiger partial charge in [0.15, 0.2) is 11.3 Å². The lowest BCUT2D eigenvalue weighted by atomic mass is 9.92. The maximum absolute atomic E-state index is 13.1. The number of likely N-dealkylation sites (tertiary alicyclic amines) is 1. The minimum atomic E-state index is -0.459. The zero-order valence-corrected chi connectivity index (χ0v) is 21.1. The van der Waals surface area contributed by atoms with Crippen molar-refractivity contribution in [2.75, 3.05) is 23.7 Å². The summed E-state index contributed by atoms with van der Waals surface area (Å²) < 4.78 is 7.40. The van der Waals surface area contributed by atoms with Crippen LogP contribution in [-0.2, 0) is 0 Å². The van der Waals surface area contributed by atoms with Crippen molar-refractivity contribution in [1.29, 1.82) is 5.26 Å². The summed E-state index contributed by atoms with van der Waals surface area (Å²) in [6, 6.07) is 7.25. The number of fused-ring (bicyclic) bond motifs is 1. The molecule has 1 saturated carbocycles. The number of hydrogen-bond acceptors (Lipinski definition) is 9. The summed E-state index contributed by atoms with van der Waals surface area (Å²) in [5.74, 6) is 1.16. The van der Waals surface area contributed by atoms with Gasteiger partial charge in [-0.1, -0.05) is 12.8 Å². The number of amides is 1. The number of nitrogens with one attached hydrogen (secondary N) is 2. The highest BCUT2D eigenvalue weighted by Gasteiger charge is 2.26. The molecule has 11 heteroatoms. The largest absolute Gasteiger partial charge is 0.474 e. The van der Waals surface area contributed by atoms with Crippen molar-refractivity contribution in [3.05, 3.63) is 35.7 Å². The van der Waals surface area contributed by atoms with Crippen LogP contribution >= 0.6 is 0 Å². The SMILES string of the molecule is CC(C)Oc1nc(Nc2cc(N[C@@H]3CCCC[C@H]3O)nn3c(C#N)cnc23)ccc1C(=O)N1CCCC1. The summed E-state index contributed by atoms with van der Waals surface area (Å²) in [7, 11) is 0. The molecule has 0 unspecified atom stereocenters. The van der Waals surface area contributed by atoms with E-state index in [1.54, 1.807) is 18.2 Å². The minimum absolute atomic E-state index is 0.0806. The first-order valence-electron chi connectivity index (χ1n) is 12.9. The zero-order chi connectivity index (χ0) is 25.9. The van der Waals surface area contributed by atoms with Crippen LogP contribution < -0.4 is 15.4 Å². The number of pyridine rings is 1. The topological polar surface area (TPSA) is 141 Å². The van der Waals surface area contributed by atoms with Gasteiger partial charge in [0, 0.05) is 19.2 Å². The van der Waals surface area contributed by atoms with Gasteiger partial charge in [-0.05, 0) is 51.7 Å². The molecule has 37 heavy (non-hydrogen) atoms. The molecule has 2 fully saturated rings. The Hall–Kier alpha value is -3.91. The zero-order valence-electron chi connectivity index (χ0n) is 21.1. The van der Waals surface area contributed by atoms with E-state index in [2.05, 4.69) is 31.8 Å². The Morgan fingerprint density at radius 3 is 2.70 bits per heavy atom. The van der Waals surface area contributed by atoms with Gasteiger partial charge < -0.3 is 25.4 Å². The van der Waals surface area contributed by atoms with Crippen molar-refractivity contribution in [3.63, 3.8) is 0 Å². The van der Waals surface area contributed by atoms with Crippen LogP contribution in [0.3, 0.4) is 0 Å². The maximum atomic E-state index is 13.1. The molecular weight excluding hydrogens is 472 g/mol. The van der Waals surface area contributed by atoms with E-state index in [9.17, 15) is 15.2 Å². The van der Waals surface area contributed by atoms with Crippen molar-refractivity contribution in [2.24, 2.45) is 0 Å². The van der Waals surface area contributed by atoms with E-state index in [-0.39, 0.29) is 29.6 Å². The number of hydrogen-bond donors (Lipinski definition) is 3. The van der Waals surface area contributed by atoms with Gasteiger partial charge in [-0.2, -0.15) is 14.8 Å². The quantitative estimate of drug-likeness (QED) is 0.441. The van der Waals surface area contributed by atoms with Gasteiger partial charge >= 0.3 is 0 Å². The second-order valence-corrected chi connectivity index (χ2v) is 9.88. The minimum Gasteiger partial charge on any atom is -0.474 e. The number of nitrogens with zero attached hydrogens (tertiary/aromatic N) is 6. The summed E-state index contributed by atoms with van der Waals surface area (Å²) in [6.45, 7) is 5.26. The third-order valence-corrected chi connectivity index (χ3v) is 6.74. The van der Waals surface area contributed by atoms with Crippen molar-refractivity contribution >= 4 is 28.9 Å². The van der Waals surface area contributed by atoms with Gasteiger partial charge in [0.1, 0.15) is 23.3 Å². The predicted molar refractivity (Wildman–Crippen MR) is 138 cm³/mol. The normalized spacial score (nSPS) is 19.7. The number of ether oxygens (including phenoxy) is 1. The van der Waals surface area contributed by atoms with Gasteiger partial charge in [-0.15, -0.1) is 5.10 Å². The molecule has 5 rings (SSSR count). The lowest BCUT2D eigenvalue weighted by Gasteiger charge is -2.28. The molecule has 1 amide bonds. The summed E-state index contributed by atoms with van der Waals surface area (Å²) in [4.78, 5) is 23.9. The second-order valence-electron chi connectivity index (χ2n) is 9.88. The van der Waals surface area contributed by atoms with Crippen LogP contribution in [0.1, 0.15) is 68.4 Å². The number of aliphatic hydroxyl groups is 1. The first-order valence-corrected chi connectivity index (χ1v) is 12.9. The van der Waals surface area contributed by atoms with Crippen LogP contribution in [0.15, 0.2) is 24.4 Å². The predicted octanol–water partition coefficient (Wildman–Crippen LogP) is 3.48. The third-order valence-electron chi connectivity index (χ3n) is 6.74. The Kier molecular flexibility index (Phi) is 7.10. The highest BCUT2D eigenvalue weighted by molar-refractivity contribution is 5.97. The Morgan fingerprint density at radius 1 is 1.19 bits per heavy atom. The van der Waals surface area contributed by atoms with Gasteiger partial charge in [-0.25, -0.2) is 4.98 Å². The lowest BCUT2D eigenvalue weighted by molar-refractivity contribution is 0.0785. The van der Waals surface area contributed by atoms with Crippen LogP contribution in [0.4, 0.5) is 17.3 Å². The van der Waals surface area contributed by atoms with Crippen LogP contribution in [0.25, 0.3) is 5.65 Å². The smallest absolute Gasteiger partial charge is 0.259 e. The van der Waals surface area contributed by atoms with E-state index in [4.69, 9.17) is 4.74 Å². The second kappa shape index (κ2) is 10.6. The van der Waals surface area contributed by atoms with Gasteiger partial charge in [0.2, 0.25) is 5.88 Å². The monoisotopic (exact) mass is 504 g/mol. The number of carbonyl (C=O) groups excluding carboxylic acids is 1. The number of imidazole rings is 1. The average molecular weight is 505 g/mol. The highest BCUT2D eigenvalue weighted by atomic mass is 16.5. The van der Waals surface area contributed by atoms with Crippen LogP contribution in [-0.4, -0.2) is 66.8 Å². The Labute approximate surface area is 215 Å². The summed E-state index contributed by atoms with van der Waals surface area (Å²) >= 11 is 0. The Morgan fingerprint density at radius 2 is 1.97 bits per heavy atom. The van der Waals surface area contributed by atoms with Crippen LogP contribution in [0.2, 0.25) is 0 Å². The fourth-order valence-electron chi connectivity index (χ4n) is 4.89. The van der Waals surface area contributed by atoms with E-state index in [1.807, 2.05) is 18.7 Å². The molecule has 194 valence electrons. The molecule has 2 atom stereocenters. The number of anilines is 3. The summed E-state index contributed by atoms with van der Waals surface area (Å²) in [5, 5.41) is 31.1.